The fourth-order valence-corrected chi connectivity index (χ4v) is 4.97. The fourth-order valence-electron chi connectivity index (χ4n) is 3.96. The van der Waals surface area contributed by atoms with Gasteiger partial charge in [0, 0.05) is 11.1 Å². The molecule has 1 aromatic heterocycles. The molecule has 0 radical (unpaired) electrons. The molecule has 1 fully saturated rings. The molecule has 33 heavy (non-hydrogen) atoms. The van der Waals surface area contributed by atoms with E-state index in [0.717, 1.165) is 11.3 Å². The summed E-state index contributed by atoms with van der Waals surface area (Å²) >= 11 is 1.09. The van der Waals surface area contributed by atoms with Crippen LogP contribution in [0.25, 0.3) is 16.0 Å². The average molecular weight is 460 g/mol. The number of Topliss-reactive ketones (excluding diaryl/α,β-unsaturated/α-hetero) is 1. The maximum atomic E-state index is 13.7. The number of ether oxygens (including phenoxy) is 1. The van der Waals surface area contributed by atoms with Gasteiger partial charge in [-0.2, -0.15) is 0 Å². The number of para-hydroxylation sites is 1. The Bertz CT molecular complexity index is 1430. The van der Waals surface area contributed by atoms with E-state index in [1.54, 1.807) is 54.6 Å². The molecule has 1 aliphatic heterocycles. The number of nitrogens with zero attached hydrogens (tertiary/aromatic N) is 2. The van der Waals surface area contributed by atoms with Gasteiger partial charge in [-0.1, -0.05) is 59.9 Å². The summed E-state index contributed by atoms with van der Waals surface area (Å²) in [6.45, 7) is 0. The Morgan fingerprint density at radius 2 is 1.79 bits per heavy atom. The second-order valence-corrected chi connectivity index (χ2v) is 8.39. The largest absolute Gasteiger partial charge is 0.507 e. The van der Waals surface area contributed by atoms with Crippen LogP contribution in [0.2, 0.25) is 0 Å². The Morgan fingerprint density at radius 1 is 1.06 bits per heavy atom. The molecule has 8 heteroatoms. The summed E-state index contributed by atoms with van der Waals surface area (Å²) in [6, 6.07) is 18.7. The first-order valence-corrected chi connectivity index (χ1v) is 10.9. The van der Waals surface area contributed by atoms with Crippen LogP contribution in [0.1, 0.15) is 17.2 Å². The topological polar surface area (TPSA) is 79.7 Å². The second kappa shape index (κ2) is 8.14. The summed E-state index contributed by atoms with van der Waals surface area (Å²) in [7, 11) is 1.49. The zero-order chi connectivity index (χ0) is 23.1. The summed E-state index contributed by atoms with van der Waals surface area (Å²) < 4.78 is 19.8. The molecule has 3 aromatic carbocycles. The minimum atomic E-state index is -0.980. The second-order valence-electron chi connectivity index (χ2n) is 7.39. The van der Waals surface area contributed by atoms with E-state index in [1.165, 1.54) is 30.2 Å². The Hall–Kier alpha value is -4.04. The molecule has 2 heterocycles. The molecule has 1 saturated heterocycles. The van der Waals surface area contributed by atoms with Crippen LogP contribution in [-0.2, 0) is 9.59 Å². The Kier molecular flexibility index (Phi) is 5.14. The molecule has 0 unspecified atom stereocenters. The molecule has 5 rings (SSSR count). The van der Waals surface area contributed by atoms with E-state index in [1.807, 2.05) is 0 Å². The third-order valence-electron chi connectivity index (χ3n) is 5.47. The van der Waals surface area contributed by atoms with Gasteiger partial charge < -0.3 is 9.84 Å². The molecule has 1 amide bonds. The van der Waals surface area contributed by atoms with Crippen molar-refractivity contribution in [1.82, 2.24) is 4.98 Å². The standard InChI is InChI=1S/C25H17FN2O4S/c1-32-18-10-6-5-9-16(18)21-20(22(29)14-7-3-2-4-8-14)23(30)24(31)28(21)25-27-17-12-11-15(26)13-19(17)33-25/h2-13,21,29H,1H3/t21-/m1/s1. The number of ketones is 1. The van der Waals surface area contributed by atoms with Crippen LogP contribution in [-0.4, -0.2) is 28.9 Å². The molecular formula is C25H17FN2O4S. The average Bonchev–Trinajstić information content (AvgIpc) is 3.36. The van der Waals surface area contributed by atoms with Crippen molar-refractivity contribution in [2.45, 2.75) is 6.04 Å². The van der Waals surface area contributed by atoms with E-state index in [4.69, 9.17) is 4.74 Å². The van der Waals surface area contributed by atoms with Crippen molar-refractivity contribution in [3.05, 3.63) is 95.3 Å². The molecular weight excluding hydrogens is 443 g/mol. The highest BCUT2D eigenvalue weighted by Gasteiger charge is 2.49. The lowest BCUT2D eigenvalue weighted by Gasteiger charge is -2.24. The van der Waals surface area contributed by atoms with Gasteiger partial charge in [0.05, 0.1) is 22.9 Å². The van der Waals surface area contributed by atoms with E-state index >= 15 is 0 Å². The summed E-state index contributed by atoms with van der Waals surface area (Å²) in [5.41, 5.74) is 1.35. The number of methoxy groups -OCH3 is 1. The Labute approximate surface area is 192 Å². The number of anilines is 1. The van der Waals surface area contributed by atoms with Gasteiger partial charge >= 0.3 is 5.91 Å². The summed E-state index contributed by atoms with van der Waals surface area (Å²) in [5.74, 6) is -1.94. The van der Waals surface area contributed by atoms with Gasteiger partial charge in [-0.05, 0) is 24.3 Å². The minimum absolute atomic E-state index is 0.0684. The number of halogens is 1. The van der Waals surface area contributed by atoms with E-state index in [-0.39, 0.29) is 16.5 Å². The van der Waals surface area contributed by atoms with Gasteiger partial charge in [-0.25, -0.2) is 9.37 Å². The van der Waals surface area contributed by atoms with Gasteiger partial charge in [0.25, 0.3) is 5.78 Å². The third kappa shape index (κ3) is 3.44. The fraction of sp³-hybridized carbons (Fsp3) is 0.0800. The SMILES string of the molecule is COc1ccccc1[C@@H]1C(=C(O)c2ccccc2)C(=O)C(=O)N1c1nc2ccc(F)cc2s1. The predicted octanol–water partition coefficient (Wildman–Crippen LogP) is 5.07. The number of aliphatic hydroxyl groups excluding tert-OH is 1. The third-order valence-corrected chi connectivity index (χ3v) is 6.49. The van der Waals surface area contributed by atoms with Crippen LogP contribution >= 0.6 is 11.3 Å². The number of fused-ring (bicyclic) bond motifs is 1. The van der Waals surface area contributed by atoms with Crippen molar-refractivity contribution in [2.75, 3.05) is 12.0 Å². The lowest BCUT2D eigenvalue weighted by Crippen LogP contribution is -2.29. The normalized spacial score (nSPS) is 17.6. The van der Waals surface area contributed by atoms with Gasteiger partial charge in [-0.15, -0.1) is 0 Å². The maximum Gasteiger partial charge on any atom is 0.301 e. The highest BCUT2D eigenvalue weighted by Crippen LogP contribution is 2.46. The summed E-state index contributed by atoms with van der Waals surface area (Å²) in [4.78, 5) is 32.2. The Morgan fingerprint density at radius 3 is 2.55 bits per heavy atom. The van der Waals surface area contributed by atoms with Crippen molar-refractivity contribution in [1.29, 1.82) is 0 Å². The number of carbonyl (C=O) groups excluding carboxylic acids is 2. The molecule has 0 saturated carbocycles. The number of rotatable bonds is 4. The van der Waals surface area contributed by atoms with Crippen LogP contribution in [0.3, 0.4) is 0 Å². The van der Waals surface area contributed by atoms with Gasteiger partial charge in [0.15, 0.2) is 5.13 Å². The van der Waals surface area contributed by atoms with Crippen molar-refractivity contribution < 1.29 is 23.8 Å². The quantitative estimate of drug-likeness (QED) is 0.261. The zero-order valence-electron chi connectivity index (χ0n) is 17.4. The number of amides is 1. The van der Waals surface area contributed by atoms with Crippen LogP contribution in [0, 0.1) is 5.82 Å². The van der Waals surface area contributed by atoms with Crippen molar-refractivity contribution in [3.8, 4) is 5.75 Å². The molecule has 6 nitrogen and oxygen atoms in total. The Balaban J connectivity index is 1.77. The molecule has 0 spiro atoms. The number of aromatic nitrogens is 1. The number of hydrogen-bond acceptors (Lipinski definition) is 6. The number of aliphatic hydroxyl groups is 1. The predicted molar refractivity (Wildman–Crippen MR) is 124 cm³/mol. The van der Waals surface area contributed by atoms with Crippen molar-refractivity contribution >= 4 is 44.1 Å². The van der Waals surface area contributed by atoms with Gasteiger partial charge in [0.1, 0.15) is 23.4 Å². The van der Waals surface area contributed by atoms with Crippen LogP contribution in [0.4, 0.5) is 9.52 Å². The lowest BCUT2D eigenvalue weighted by molar-refractivity contribution is -0.132. The van der Waals surface area contributed by atoms with Crippen LogP contribution < -0.4 is 9.64 Å². The molecule has 0 aliphatic carbocycles. The lowest BCUT2D eigenvalue weighted by atomic mass is 9.95. The van der Waals surface area contributed by atoms with Crippen molar-refractivity contribution in [2.24, 2.45) is 0 Å². The van der Waals surface area contributed by atoms with Crippen LogP contribution in [0.15, 0.2) is 78.4 Å². The molecule has 164 valence electrons. The first kappa shape index (κ1) is 20.8. The van der Waals surface area contributed by atoms with E-state index in [9.17, 15) is 19.1 Å². The first-order valence-electron chi connectivity index (χ1n) is 10.0. The van der Waals surface area contributed by atoms with Crippen LogP contribution in [0.5, 0.6) is 5.75 Å². The summed E-state index contributed by atoms with van der Waals surface area (Å²) in [6.07, 6.45) is 0. The molecule has 4 aromatic rings. The number of hydrogen-bond donors (Lipinski definition) is 1. The van der Waals surface area contributed by atoms with E-state index in [2.05, 4.69) is 4.98 Å². The molecule has 1 aliphatic rings. The smallest absolute Gasteiger partial charge is 0.301 e. The molecule has 0 bridgehead atoms. The minimum Gasteiger partial charge on any atom is -0.507 e. The number of benzene rings is 3. The van der Waals surface area contributed by atoms with E-state index < -0.39 is 23.5 Å². The van der Waals surface area contributed by atoms with Gasteiger partial charge in [-0.3, -0.25) is 14.5 Å². The van der Waals surface area contributed by atoms with Gasteiger partial charge in [0.2, 0.25) is 0 Å². The number of carbonyl (C=O) groups is 2. The summed E-state index contributed by atoms with van der Waals surface area (Å²) in [5, 5.41) is 11.3. The number of thiazole rings is 1. The molecule has 1 N–H and O–H groups in total. The zero-order valence-corrected chi connectivity index (χ0v) is 18.2. The highest BCUT2D eigenvalue weighted by molar-refractivity contribution is 7.22. The van der Waals surface area contributed by atoms with E-state index in [0.29, 0.717) is 27.1 Å². The molecule has 1 atom stereocenters. The maximum absolute atomic E-state index is 13.7. The first-order chi connectivity index (χ1) is 16.0. The highest BCUT2D eigenvalue weighted by atomic mass is 32.1. The van der Waals surface area contributed by atoms with Crippen molar-refractivity contribution in [3.63, 3.8) is 0 Å². The monoisotopic (exact) mass is 460 g/mol.